The van der Waals surface area contributed by atoms with Crippen LogP contribution in [0.4, 0.5) is 5.69 Å². The van der Waals surface area contributed by atoms with Crippen LogP contribution in [0.2, 0.25) is 0 Å². The van der Waals surface area contributed by atoms with Crippen molar-refractivity contribution in [2.24, 2.45) is 0 Å². The summed E-state index contributed by atoms with van der Waals surface area (Å²) in [6.45, 7) is 4.24. The molecule has 1 aromatic heterocycles. The fourth-order valence-corrected chi connectivity index (χ4v) is 2.04. The lowest BCUT2D eigenvalue weighted by molar-refractivity contribution is 0.471. The van der Waals surface area contributed by atoms with Gasteiger partial charge in [-0.3, -0.25) is 0 Å². The Balaban J connectivity index is 2.04. The summed E-state index contributed by atoms with van der Waals surface area (Å²) in [6.07, 6.45) is 1.07. The molecule has 1 atom stereocenters. The van der Waals surface area contributed by atoms with Gasteiger partial charge in [-0.1, -0.05) is 19.1 Å². The van der Waals surface area contributed by atoms with Crippen molar-refractivity contribution in [3.8, 4) is 0 Å². The molecule has 0 fully saturated rings. The lowest BCUT2D eigenvalue weighted by Crippen LogP contribution is -2.05. The molecule has 2 nitrogen and oxygen atoms in total. The molecule has 0 aliphatic heterocycles. The summed E-state index contributed by atoms with van der Waals surface area (Å²) in [5, 5.41) is 3.41. The number of nitrogens with one attached hydrogen (secondary N) is 1. The molecule has 3 heteroatoms. The highest BCUT2D eigenvalue weighted by molar-refractivity contribution is 9.10. The van der Waals surface area contributed by atoms with Gasteiger partial charge in [-0.25, -0.2) is 0 Å². The molecule has 1 unspecified atom stereocenters. The van der Waals surface area contributed by atoms with Gasteiger partial charge in [0.1, 0.15) is 5.76 Å². The first-order chi connectivity index (χ1) is 8.19. The third kappa shape index (κ3) is 3.13. The van der Waals surface area contributed by atoms with E-state index in [1.54, 1.807) is 0 Å². The Labute approximate surface area is 110 Å². The first-order valence-corrected chi connectivity index (χ1v) is 6.59. The maximum absolute atomic E-state index is 5.52. The SMILES string of the molecule is CCc1ccc(NC(C)c2ccc(Br)o2)cc1. The van der Waals surface area contributed by atoms with E-state index in [-0.39, 0.29) is 6.04 Å². The third-order valence-corrected chi connectivity index (χ3v) is 3.19. The second-order valence-corrected chi connectivity index (χ2v) is 4.84. The summed E-state index contributed by atoms with van der Waals surface area (Å²) in [5.41, 5.74) is 2.46. The Bertz CT molecular complexity index is 475. The van der Waals surface area contributed by atoms with Gasteiger partial charge in [0, 0.05) is 5.69 Å². The molecule has 0 bridgehead atoms. The molecule has 0 amide bonds. The van der Waals surface area contributed by atoms with Crippen molar-refractivity contribution >= 4 is 21.6 Å². The Hall–Kier alpha value is -1.22. The van der Waals surface area contributed by atoms with Gasteiger partial charge < -0.3 is 9.73 Å². The van der Waals surface area contributed by atoms with E-state index in [2.05, 4.69) is 59.4 Å². The summed E-state index contributed by atoms with van der Waals surface area (Å²) < 4.78 is 6.28. The molecular formula is C14H16BrNO. The van der Waals surface area contributed by atoms with Gasteiger partial charge in [0.2, 0.25) is 0 Å². The van der Waals surface area contributed by atoms with Crippen LogP contribution in [0, 0.1) is 0 Å². The monoisotopic (exact) mass is 293 g/mol. The summed E-state index contributed by atoms with van der Waals surface area (Å²) >= 11 is 3.31. The Morgan fingerprint density at radius 3 is 2.41 bits per heavy atom. The fourth-order valence-electron chi connectivity index (χ4n) is 1.72. The van der Waals surface area contributed by atoms with Gasteiger partial charge in [0.25, 0.3) is 0 Å². The van der Waals surface area contributed by atoms with Crippen LogP contribution in [-0.4, -0.2) is 0 Å². The summed E-state index contributed by atoms with van der Waals surface area (Å²) in [5.74, 6) is 0.927. The molecule has 0 aliphatic carbocycles. The predicted molar refractivity (Wildman–Crippen MR) is 74.3 cm³/mol. The number of benzene rings is 1. The summed E-state index contributed by atoms with van der Waals surface area (Å²) in [4.78, 5) is 0. The number of halogens is 1. The van der Waals surface area contributed by atoms with Gasteiger partial charge in [-0.15, -0.1) is 0 Å². The first-order valence-electron chi connectivity index (χ1n) is 5.79. The van der Waals surface area contributed by atoms with Crippen LogP contribution in [0.25, 0.3) is 0 Å². The Morgan fingerprint density at radius 1 is 1.18 bits per heavy atom. The van der Waals surface area contributed by atoms with Gasteiger partial charge in [-0.05, 0) is 59.1 Å². The highest BCUT2D eigenvalue weighted by atomic mass is 79.9. The van der Waals surface area contributed by atoms with Gasteiger partial charge in [-0.2, -0.15) is 0 Å². The average molecular weight is 294 g/mol. The zero-order valence-corrected chi connectivity index (χ0v) is 11.6. The van der Waals surface area contributed by atoms with Crippen molar-refractivity contribution in [1.82, 2.24) is 0 Å². The number of aryl methyl sites for hydroxylation is 1. The van der Waals surface area contributed by atoms with Crippen LogP contribution in [-0.2, 0) is 6.42 Å². The molecule has 2 aromatic rings. The average Bonchev–Trinajstić information content (AvgIpc) is 2.77. The molecule has 90 valence electrons. The number of anilines is 1. The quantitative estimate of drug-likeness (QED) is 0.878. The molecule has 17 heavy (non-hydrogen) atoms. The minimum atomic E-state index is 0.161. The standard InChI is InChI=1S/C14H16BrNO/c1-3-11-4-6-12(7-5-11)16-10(2)13-8-9-14(15)17-13/h4-10,16H,3H2,1-2H3. The molecule has 1 aromatic carbocycles. The molecular weight excluding hydrogens is 278 g/mol. The van der Waals surface area contributed by atoms with Crippen molar-refractivity contribution in [1.29, 1.82) is 0 Å². The number of rotatable bonds is 4. The van der Waals surface area contributed by atoms with Crippen LogP contribution < -0.4 is 5.32 Å². The molecule has 0 saturated heterocycles. The van der Waals surface area contributed by atoms with Crippen molar-refractivity contribution < 1.29 is 4.42 Å². The van der Waals surface area contributed by atoms with Crippen LogP contribution in [0.3, 0.4) is 0 Å². The minimum Gasteiger partial charge on any atom is -0.452 e. The smallest absolute Gasteiger partial charge is 0.169 e. The van der Waals surface area contributed by atoms with Gasteiger partial charge in [0.15, 0.2) is 4.67 Å². The molecule has 2 rings (SSSR count). The van der Waals surface area contributed by atoms with Crippen molar-refractivity contribution in [2.45, 2.75) is 26.3 Å². The van der Waals surface area contributed by atoms with Gasteiger partial charge >= 0.3 is 0 Å². The van der Waals surface area contributed by atoms with E-state index in [4.69, 9.17) is 4.42 Å². The normalized spacial score (nSPS) is 12.4. The van der Waals surface area contributed by atoms with Crippen molar-refractivity contribution in [2.75, 3.05) is 5.32 Å². The van der Waals surface area contributed by atoms with E-state index in [9.17, 15) is 0 Å². The lowest BCUT2D eigenvalue weighted by Gasteiger charge is -2.13. The van der Waals surface area contributed by atoms with E-state index < -0.39 is 0 Å². The molecule has 0 spiro atoms. The maximum Gasteiger partial charge on any atom is 0.169 e. The van der Waals surface area contributed by atoms with Crippen LogP contribution in [0.15, 0.2) is 45.5 Å². The number of hydrogen-bond acceptors (Lipinski definition) is 2. The topological polar surface area (TPSA) is 25.2 Å². The Morgan fingerprint density at radius 2 is 1.88 bits per heavy atom. The molecule has 0 saturated carbocycles. The van der Waals surface area contributed by atoms with E-state index in [1.165, 1.54) is 5.56 Å². The maximum atomic E-state index is 5.52. The molecule has 0 radical (unpaired) electrons. The van der Waals surface area contributed by atoms with E-state index in [0.29, 0.717) is 0 Å². The fraction of sp³-hybridized carbons (Fsp3) is 0.286. The third-order valence-electron chi connectivity index (χ3n) is 2.77. The Kier molecular flexibility index (Phi) is 3.89. The largest absolute Gasteiger partial charge is 0.452 e. The van der Waals surface area contributed by atoms with E-state index >= 15 is 0 Å². The van der Waals surface area contributed by atoms with E-state index in [1.807, 2.05) is 12.1 Å². The van der Waals surface area contributed by atoms with Crippen molar-refractivity contribution in [3.63, 3.8) is 0 Å². The predicted octanol–water partition coefficient (Wildman–Crippen LogP) is 4.78. The van der Waals surface area contributed by atoms with Crippen LogP contribution >= 0.6 is 15.9 Å². The molecule has 1 N–H and O–H groups in total. The molecule has 0 aliphatic rings. The minimum absolute atomic E-state index is 0.161. The highest BCUT2D eigenvalue weighted by Gasteiger charge is 2.09. The zero-order chi connectivity index (χ0) is 12.3. The summed E-state index contributed by atoms with van der Waals surface area (Å²) in [7, 11) is 0. The first kappa shape index (κ1) is 12.2. The second kappa shape index (κ2) is 5.41. The van der Waals surface area contributed by atoms with E-state index in [0.717, 1.165) is 22.5 Å². The summed E-state index contributed by atoms with van der Waals surface area (Å²) in [6, 6.07) is 12.5. The highest BCUT2D eigenvalue weighted by Crippen LogP contribution is 2.23. The zero-order valence-electron chi connectivity index (χ0n) is 10.0. The second-order valence-electron chi connectivity index (χ2n) is 4.06. The number of furan rings is 1. The van der Waals surface area contributed by atoms with Crippen molar-refractivity contribution in [3.05, 3.63) is 52.4 Å². The number of hydrogen-bond donors (Lipinski definition) is 1. The van der Waals surface area contributed by atoms with Crippen LogP contribution in [0.1, 0.15) is 31.2 Å². The van der Waals surface area contributed by atoms with Crippen LogP contribution in [0.5, 0.6) is 0 Å². The van der Waals surface area contributed by atoms with Gasteiger partial charge in [0.05, 0.1) is 6.04 Å². The lowest BCUT2D eigenvalue weighted by atomic mass is 10.1. The molecule has 1 heterocycles.